The predicted octanol–water partition coefficient (Wildman–Crippen LogP) is 4.20. The second-order valence-electron chi connectivity index (χ2n) is 4.43. The summed E-state index contributed by atoms with van der Waals surface area (Å²) >= 11 is 0. The minimum Gasteiger partial charge on any atom is -0.228 e. The Morgan fingerprint density at radius 3 is 2.45 bits per heavy atom. The zero-order valence-electron chi connectivity index (χ0n) is 10.7. The van der Waals surface area contributed by atoms with Gasteiger partial charge in [0.25, 0.3) is 0 Å². The first-order valence-corrected chi connectivity index (χ1v) is 5.83. The van der Waals surface area contributed by atoms with Gasteiger partial charge in [0.05, 0.1) is 0 Å². The van der Waals surface area contributed by atoms with Crippen LogP contribution < -0.4 is 0 Å². The highest BCUT2D eigenvalue weighted by atomic mass is 19.2. The minimum absolute atomic E-state index is 0.0175. The van der Waals surface area contributed by atoms with E-state index >= 15 is 0 Å². The molecule has 1 nitrogen and oxygen atoms in total. The van der Waals surface area contributed by atoms with Gasteiger partial charge in [0.2, 0.25) is 5.95 Å². The molecule has 0 fully saturated rings. The Hall–Kier alpha value is -2.17. The van der Waals surface area contributed by atoms with E-state index in [2.05, 4.69) is 11.6 Å². The quantitative estimate of drug-likeness (QED) is 0.467. The molecule has 0 aliphatic rings. The van der Waals surface area contributed by atoms with Crippen molar-refractivity contribution in [3.63, 3.8) is 0 Å². The molecular formula is C15H11F4N. The van der Waals surface area contributed by atoms with Crippen molar-refractivity contribution in [3.05, 3.63) is 71.1 Å². The van der Waals surface area contributed by atoms with E-state index in [-0.39, 0.29) is 12.0 Å². The Morgan fingerprint density at radius 2 is 1.85 bits per heavy atom. The third kappa shape index (κ3) is 2.71. The number of rotatable bonds is 3. The predicted molar refractivity (Wildman–Crippen MR) is 68.0 cm³/mol. The Bertz CT molecular complexity index is 636. The van der Waals surface area contributed by atoms with Crippen LogP contribution in [-0.2, 0) is 6.42 Å². The maximum absolute atomic E-state index is 13.9. The van der Waals surface area contributed by atoms with Gasteiger partial charge >= 0.3 is 0 Å². The summed E-state index contributed by atoms with van der Waals surface area (Å²) in [6.07, 6.45) is 0.989. The molecule has 0 aliphatic heterocycles. The van der Waals surface area contributed by atoms with Gasteiger partial charge in [-0.2, -0.15) is 4.39 Å². The maximum atomic E-state index is 13.9. The van der Waals surface area contributed by atoms with Crippen molar-refractivity contribution in [1.29, 1.82) is 0 Å². The largest absolute Gasteiger partial charge is 0.228 e. The fraction of sp³-hybridized carbons (Fsp3) is 0.133. The van der Waals surface area contributed by atoms with Crippen molar-refractivity contribution in [3.8, 4) is 0 Å². The molecule has 0 saturated carbocycles. The molecule has 104 valence electrons. The third-order valence-electron chi connectivity index (χ3n) is 2.95. The lowest BCUT2D eigenvalue weighted by Crippen LogP contribution is -2.03. The molecule has 0 bridgehead atoms. The van der Waals surface area contributed by atoms with Crippen molar-refractivity contribution in [2.24, 2.45) is 0 Å². The monoisotopic (exact) mass is 281 g/mol. The molecule has 0 radical (unpaired) electrons. The second kappa shape index (κ2) is 5.45. The van der Waals surface area contributed by atoms with E-state index in [1.165, 1.54) is 19.2 Å². The minimum atomic E-state index is -1.23. The van der Waals surface area contributed by atoms with Crippen LogP contribution >= 0.6 is 0 Å². The molecule has 1 aromatic carbocycles. The highest BCUT2D eigenvalue weighted by Crippen LogP contribution is 2.25. The van der Waals surface area contributed by atoms with Crippen LogP contribution in [0.2, 0.25) is 0 Å². The highest BCUT2D eigenvalue weighted by Gasteiger charge is 2.18. The smallest absolute Gasteiger partial charge is 0.212 e. The summed E-state index contributed by atoms with van der Waals surface area (Å²) in [6, 6.07) is 3.31. The molecule has 0 spiro atoms. The molecule has 0 aliphatic carbocycles. The molecule has 0 N–H and O–H groups in total. The van der Waals surface area contributed by atoms with Crippen molar-refractivity contribution in [2.45, 2.75) is 13.3 Å². The lowest BCUT2D eigenvalue weighted by Gasteiger charge is -2.10. The van der Waals surface area contributed by atoms with E-state index in [9.17, 15) is 17.6 Å². The van der Waals surface area contributed by atoms with Crippen LogP contribution in [-0.4, -0.2) is 4.98 Å². The Labute approximate surface area is 113 Å². The highest BCUT2D eigenvalue weighted by molar-refractivity contribution is 5.65. The average molecular weight is 281 g/mol. The standard InChI is InChI=1S/C15H11F4N/c1-8(10-3-4-13(17)20-7-10)5-11-14(18)9(2)6-12(16)15(11)19/h3-4,6-7H,1,5H2,2H3. The summed E-state index contributed by atoms with van der Waals surface area (Å²) in [6.45, 7) is 5.02. The first kappa shape index (κ1) is 14.2. The first-order valence-electron chi connectivity index (χ1n) is 5.83. The number of hydrogen-bond donors (Lipinski definition) is 0. The van der Waals surface area contributed by atoms with Crippen molar-refractivity contribution in [1.82, 2.24) is 4.98 Å². The van der Waals surface area contributed by atoms with Gasteiger partial charge in [-0.3, -0.25) is 0 Å². The molecule has 2 aromatic rings. The van der Waals surface area contributed by atoms with E-state index in [4.69, 9.17) is 0 Å². The van der Waals surface area contributed by atoms with E-state index in [0.29, 0.717) is 11.1 Å². The number of halogens is 4. The summed E-state index contributed by atoms with van der Waals surface area (Å²) in [4.78, 5) is 3.43. The number of pyridine rings is 1. The van der Waals surface area contributed by atoms with Gasteiger partial charge in [-0.15, -0.1) is 0 Å². The molecule has 1 aromatic heterocycles. The molecule has 20 heavy (non-hydrogen) atoms. The van der Waals surface area contributed by atoms with E-state index in [1.54, 1.807) is 0 Å². The van der Waals surface area contributed by atoms with Crippen LogP contribution in [0.3, 0.4) is 0 Å². The fourth-order valence-electron chi connectivity index (χ4n) is 1.85. The summed E-state index contributed by atoms with van der Waals surface area (Å²) in [5.41, 5.74) is 0.383. The summed E-state index contributed by atoms with van der Waals surface area (Å²) in [7, 11) is 0. The second-order valence-corrected chi connectivity index (χ2v) is 4.43. The molecule has 0 amide bonds. The summed E-state index contributed by atoms with van der Waals surface area (Å²) in [5, 5.41) is 0. The summed E-state index contributed by atoms with van der Waals surface area (Å²) < 4.78 is 53.5. The van der Waals surface area contributed by atoms with Gasteiger partial charge in [-0.05, 0) is 41.8 Å². The summed E-state index contributed by atoms with van der Waals surface area (Å²) in [5.74, 6) is -3.81. The molecule has 5 heteroatoms. The number of hydrogen-bond acceptors (Lipinski definition) is 1. The fourth-order valence-corrected chi connectivity index (χ4v) is 1.85. The van der Waals surface area contributed by atoms with E-state index < -0.39 is 29.0 Å². The normalized spacial score (nSPS) is 10.7. The van der Waals surface area contributed by atoms with Gasteiger partial charge in [0.15, 0.2) is 11.6 Å². The van der Waals surface area contributed by atoms with Crippen LogP contribution in [0.1, 0.15) is 16.7 Å². The van der Waals surface area contributed by atoms with Crippen LogP contribution in [0.5, 0.6) is 0 Å². The van der Waals surface area contributed by atoms with Gasteiger partial charge in [0.1, 0.15) is 5.82 Å². The zero-order chi connectivity index (χ0) is 14.9. The Kier molecular flexibility index (Phi) is 3.88. The zero-order valence-corrected chi connectivity index (χ0v) is 10.7. The van der Waals surface area contributed by atoms with Crippen LogP contribution in [0, 0.1) is 30.3 Å². The molecule has 0 atom stereocenters. The van der Waals surface area contributed by atoms with Crippen LogP contribution in [0.15, 0.2) is 31.0 Å². The number of benzene rings is 1. The number of aromatic nitrogens is 1. The van der Waals surface area contributed by atoms with Crippen LogP contribution in [0.25, 0.3) is 5.57 Å². The Morgan fingerprint density at radius 1 is 1.15 bits per heavy atom. The van der Waals surface area contributed by atoms with Crippen molar-refractivity contribution in [2.75, 3.05) is 0 Å². The topological polar surface area (TPSA) is 12.9 Å². The van der Waals surface area contributed by atoms with Gasteiger partial charge in [0, 0.05) is 18.2 Å². The number of allylic oxidation sites excluding steroid dienone is 1. The number of nitrogens with zero attached hydrogens (tertiary/aromatic N) is 1. The average Bonchev–Trinajstić information content (AvgIpc) is 2.42. The van der Waals surface area contributed by atoms with Gasteiger partial charge in [-0.1, -0.05) is 6.58 Å². The molecule has 1 heterocycles. The molecule has 0 unspecified atom stereocenters. The van der Waals surface area contributed by atoms with Gasteiger partial charge in [-0.25, -0.2) is 18.2 Å². The SMILES string of the molecule is C=C(Cc1c(F)c(C)cc(F)c1F)c1ccc(F)nc1. The Balaban J connectivity index is 2.35. The molecule has 0 saturated heterocycles. The molecular weight excluding hydrogens is 270 g/mol. The van der Waals surface area contributed by atoms with Crippen molar-refractivity contribution >= 4 is 5.57 Å². The molecule has 2 rings (SSSR count). The maximum Gasteiger partial charge on any atom is 0.212 e. The first-order chi connectivity index (χ1) is 9.40. The van der Waals surface area contributed by atoms with Crippen LogP contribution in [0.4, 0.5) is 17.6 Å². The number of aryl methyl sites for hydroxylation is 1. The lowest BCUT2D eigenvalue weighted by molar-refractivity contribution is 0.480. The van der Waals surface area contributed by atoms with Gasteiger partial charge < -0.3 is 0 Å². The third-order valence-corrected chi connectivity index (χ3v) is 2.95. The van der Waals surface area contributed by atoms with E-state index in [0.717, 1.165) is 12.1 Å². The van der Waals surface area contributed by atoms with E-state index in [1.807, 2.05) is 0 Å². The van der Waals surface area contributed by atoms with Crippen molar-refractivity contribution < 1.29 is 17.6 Å². The lowest BCUT2D eigenvalue weighted by atomic mass is 9.98.